The number of quaternary nitrogens is 2. The van der Waals surface area contributed by atoms with Crippen LogP contribution in [-0.2, 0) is 13.1 Å². The van der Waals surface area contributed by atoms with Gasteiger partial charge >= 0.3 is 0 Å². The molecule has 22 heavy (non-hydrogen) atoms. The summed E-state index contributed by atoms with van der Waals surface area (Å²) >= 11 is 25.1. The highest BCUT2D eigenvalue weighted by Gasteiger charge is 2.37. The van der Waals surface area contributed by atoms with E-state index in [9.17, 15) is 0 Å². The van der Waals surface area contributed by atoms with Crippen molar-refractivity contribution < 1.29 is 9.80 Å². The van der Waals surface area contributed by atoms with Crippen LogP contribution in [0.1, 0.15) is 37.8 Å². The van der Waals surface area contributed by atoms with Crippen LogP contribution >= 0.6 is 46.4 Å². The van der Waals surface area contributed by atoms with Crippen molar-refractivity contribution in [3.63, 3.8) is 0 Å². The second kappa shape index (κ2) is 7.46. The van der Waals surface area contributed by atoms with E-state index in [0.717, 1.165) is 41.8 Å². The predicted molar refractivity (Wildman–Crippen MR) is 96.1 cm³/mol. The van der Waals surface area contributed by atoms with Crippen molar-refractivity contribution in [2.45, 2.75) is 45.8 Å². The van der Waals surface area contributed by atoms with Gasteiger partial charge in [-0.2, -0.15) is 0 Å². The van der Waals surface area contributed by atoms with E-state index in [0.29, 0.717) is 26.1 Å². The third-order valence-corrected chi connectivity index (χ3v) is 6.65. The lowest BCUT2D eigenvalue weighted by molar-refractivity contribution is -0.940. The summed E-state index contributed by atoms with van der Waals surface area (Å²) in [5.74, 6) is 0. The number of fused-ring (bicyclic) bond motifs is 1. The second-order valence-corrected chi connectivity index (χ2v) is 7.99. The van der Waals surface area contributed by atoms with Crippen LogP contribution in [0.25, 0.3) is 0 Å². The fourth-order valence-corrected chi connectivity index (χ4v) is 4.32. The van der Waals surface area contributed by atoms with E-state index in [1.807, 2.05) is 0 Å². The molecule has 0 unspecified atom stereocenters. The van der Waals surface area contributed by atoms with Crippen LogP contribution in [-0.4, -0.2) is 30.7 Å². The van der Waals surface area contributed by atoms with Crippen LogP contribution in [0.3, 0.4) is 0 Å². The van der Waals surface area contributed by atoms with Gasteiger partial charge in [0, 0.05) is 11.1 Å². The molecule has 1 aliphatic heterocycles. The van der Waals surface area contributed by atoms with Gasteiger partial charge in [0.15, 0.2) is 0 Å². The van der Waals surface area contributed by atoms with Gasteiger partial charge < -0.3 is 9.80 Å². The number of rotatable bonds is 6. The average Bonchev–Trinajstić information content (AvgIpc) is 2.86. The normalized spacial score (nSPS) is 16.4. The molecule has 0 aliphatic carbocycles. The van der Waals surface area contributed by atoms with E-state index in [1.54, 1.807) is 0 Å². The molecule has 0 spiro atoms. The molecule has 1 aromatic carbocycles. The Bertz CT molecular complexity index is 519. The molecule has 6 heteroatoms. The molecule has 0 saturated carbocycles. The maximum atomic E-state index is 6.38. The summed E-state index contributed by atoms with van der Waals surface area (Å²) in [6.07, 6.45) is 2.42. The van der Waals surface area contributed by atoms with Gasteiger partial charge in [0.05, 0.1) is 33.2 Å². The Balaban J connectivity index is 2.11. The van der Waals surface area contributed by atoms with Crippen molar-refractivity contribution in [3.05, 3.63) is 31.2 Å². The highest BCUT2D eigenvalue weighted by molar-refractivity contribution is 6.52. The number of hydrogen-bond donors (Lipinski definition) is 1. The smallest absolute Gasteiger partial charge is 0.129 e. The first kappa shape index (κ1) is 18.6. The lowest BCUT2D eigenvalue weighted by atomic mass is 10.1. The van der Waals surface area contributed by atoms with Gasteiger partial charge in [0.2, 0.25) is 0 Å². The molecule has 0 amide bonds. The van der Waals surface area contributed by atoms with E-state index in [2.05, 4.69) is 26.2 Å². The van der Waals surface area contributed by atoms with Gasteiger partial charge in [-0.3, -0.25) is 0 Å². The molecular weight excluding hydrogens is 362 g/mol. The van der Waals surface area contributed by atoms with Gasteiger partial charge in [-0.1, -0.05) is 60.3 Å². The summed E-state index contributed by atoms with van der Waals surface area (Å²) in [7, 11) is 2.25. The van der Waals surface area contributed by atoms with E-state index < -0.39 is 0 Å². The van der Waals surface area contributed by atoms with Crippen molar-refractivity contribution in [1.82, 2.24) is 0 Å². The molecule has 1 aromatic rings. The summed E-state index contributed by atoms with van der Waals surface area (Å²) in [6, 6.07) is 0.715. The molecule has 0 atom stereocenters. The van der Waals surface area contributed by atoms with Crippen molar-refractivity contribution in [3.8, 4) is 0 Å². The number of hydrogen-bond acceptors (Lipinski definition) is 0. The monoisotopic (exact) mass is 384 g/mol. The number of halogens is 4. The molecule has 124 valence electrons. The lowest BCUT2D eigenvalue weighted by Gasteiger charge is -2.29. The molecule has 0 saturated heterocycles. The largest absolute Gasteiger partial charge is 0.339 e. The summed E-state index contributed by atoms with van der Waals surface area (Å²) in [4.78, 5) is 0. The quantitative estimate of drug-likeness (QED) is 0.421. The van der Waals surface area contributed by atoms with Gasteiger partial charge in [-0.25, -0.2) is 0 Å². The van der Waals surface area contributed by atoms with Crippen LogP contribution in [0.5, 0.6) is 0 Å². The molecule has 2 N–H and O–H groups in total. The lowest BCUT2D eigenvalue weighted by Crippen LogP contribution is -2.91. The number of likely N-dealkylation sites (N-methyl/N-ethyl adjacent to an activating group) is 1. The predicted octanol–water partition coefficient (Wildman–Crippen LogP) is 4.51. The minimum absolute atomic E-state index is 0.379. The summed E-state index contributed by atoms with van der Waals surface area (Å²) < 4.78 is 0.905. The molecule has 2 nitrogen and oxygen atoms in total. The average molecular weight is 386 g/mol. The number of benzene rings is 1. The topological polar surface area (TPSA) is 16.6 Å². The van der Waals surface area contributed by atoms with Crippen molar-refractivity contribution >= 4 is 46.4 Å². The number of nitrogens with two attached hydrogens (primary N) is 1. The highest BCUT2D eigenvalue weighted by Crippen LogP contribution is 2.46. The fraction of sp³-hybridized carbons (Fsp3) is 0.625. The molecule has 2 rings (SSSR count). The van der Waals surface area contributed by atoms with Crippen molar-refractivity contribution in [2.75, 3.05) is 20.1 Å². The first-order valence-corrected chi connectivity index (χ1v) is 9.34. The van der Waals surface area contributed by atoms with E-state index >= 15 is 0 Å². The van der Waals surface area contributed by atoms with Crippen LogP contribution in [0.2, 0.25) is 20.1 Å². The summed E-state index contributed by atoms with van der Waals surface area (Å²) in [5, 5.41) is 4.34. The minimum Gasteiger partial charge on any atom is -0.339 e. The summed E-state index contributed by atoms with van der Waals surface area (Å²) in [6.45, 7) is 8.40. The fourth-order valence-electron chi connectivity index (χ4n) is 3.27. The Morgan fingerprint density at radius 2 is 1.36 bits per heavy atom. The second-order valence-electron chi connectivity index (χ2n) is 6.47. The molecular formula is C16H24Cl4N2+2. The Morgan fingerprint density at radius 1 is 0.909 bits per heavy atom. The van der Waals surface area contributed by atoms with E-state index in [-0.39, 0.29) is 0 Å². The van der Waals surface area contributed by atoms with Gasteiger partial charge in [0.25, 0.3) is 0 Å². The standard InChI is InChI=1S/C16H23Cl4N2/c1-4-10(5-2)21-6-7-22(3)8-11-12(9-22)14(18)16(20)15(19)13(11)17/h10,21H,4-9H2,1-3H3/q+1/p+1. The molecule has 0 radical (unpaired) electrons. The maximum Gasteiger partial charge on any atom is 0.129 e. The summed E-state index contributed by atoms with van der Waals surface area (Å²) in [5.41, 5.74) is 2.12. The van der Waals surface area contributed by atoms with Gasteiger partial charge in [-0.05, 0) is 12.8 Å². The Morgan fingerprint density at radius 3 is 1.77 bits per heavy atom. The third kappa shape index (κ3) is 3.68. The van der Waals surface area contributed by atoms with Gasteiger partial charge in [-0.15, -0.1) is 0 Å². The number of nitrogens with zero attached hydrogens (tertiary/aromatic N) is 1. The Kier molecular flexibility index (Phi) is 6.32. The van der Waals surface area contributed by atoms with E-state index in [1.165, 1.54) is 12.8 Å². The molecule has 0 aromatic heterocycles. The Labute approximate surface area is 153 Å². The zero-order chi connectivity index (χ0) is 16.5. The zero-order valence-corrected chi connectivity index (χ0v) is 16.4. The minimum atomic E-state index is 0.379. The SMILES string of the molecule is CCC(CC)[NH2+]CC[N+]1(C)Cc2c(Cl)c(Cl)c(Cl)c(Cl)c2C1. The van der Waals surface area contributed by atoms with Gasteiger partial charge in [0.1, 0.15) is 26.2 Å². The Hall–Kier alpha value is 0.300. The molecule has 0 fully saturated rings. The maximum absolute atomic E-state index is 6.38. The van der Waals surface area contributed by atoms with Crippen LogP contribution in [0, 0.1) is 0 Å². The van der Waals surface area contributed by atoms with Crippen LogP contribution in [0.4, 0.5) is 0 Å². The van der Waals surface area contributed by atoms with Crippen molar-refractivity contribution in [2.24, 2.45) is 0 Å². The molecule has 1 aliphatic rings. The molecule has 0 bridgehead atoms. The zero-order valence-electron chi connectivity index (χ0n) is 13.4. The third-order valence-electron chi connectivity index (χ3n) is 4.77. The van der Waals surface area contributed by atoms with Crippen LogP contribution < -0.4 is 5.32 Å². The first-order valence-electron chi connectivity index (χ1n) is 7.83. The van der Waals surface area contributed by atoms with E-state index in [4.69, 9.17) is 46.4 Å². The first-order chi connectivity index (χ1) is 10.3. The van der Waals surface area contributed by atoms with Crippen LogP contribution in [0.15, 0.2) is 0 Å². The van der Waals surface area contributed by atoms with Crippen molar-refractivity contribution in [1.29, 1.82) is 0 Å². The highest BCUT2D eigenvalue weighted by atomic mass is 35.5. The molecule has 1 heterocycles.